The third kappa shape index (κ3) is 4.47. The molecule has 0 atom stereocenters. The van der Waals surface area contributed by atoms with E-state index in [1.807, 2.05) is 18.7 Å². The van der Waals surface area contributed by atoms with Crippen molar-refractivity contribution in [2.75, 3.05) is 25.0 Å². The predicted octanol–water partition coefficient (Wildman–Crippen LogP) is 2.81. The Labute approximate surface area is 121 Å². The smallest absolute Gasteiger partial charge is 0.274 e. The molecule has 0 radical (unpaired) electrons. The Kier molecular flexibility index (Phi) is 6.98. The van der Waals surface area contributed by atoms with E-state index in [2.05, 4.69) is 29.1 Å². The topological polar surface area (TPSA) is 58.1 Å². The number of nitrogens with zero attached hydrogens (tertiary/aromatic N) is 3. The van der Waals surface area contributed by atoms with Crippen LogP contribution in [0.25, 0.3) is 0 Å². The third-order valence-electron chi connectivity index (χ3n) is 3.51. The second-order valence-corrected chi connectivity index (χ2v) is 4.85. The molecule has 0 aliphatic rings. The monoisotopic (exact) mass is 278 g/mol. The number of hydrogen-bond acceptors (Lipinski definition) is 4. The molecule has 1 aromatic rings. The van der Waals surface area contributed by atoms with E-state index in [-0.39, 0.29) is 5.91 Å². The summed E-state index contributed by atoms with van der Waals surface area (Å²) in [5.74, 6) is 1.16. The Morgan fingerprint density at radius 3 is 2.50 bits per heavy atom. The van der Waals surface area contributed by atoms with Crippen LogP contribution in [0, 0.1) is 5.92 Å². The lowest BCUT2D eigenvalue weighted by molar-refractivity contribution is 0.0728. The van der Waals surface area contributed by atoms with Crippen LogP contribution < -0.4 is 5.32 Å². The first-order chi connectivity index (χ1) is 9.65. The molecule has 0 aliphatic heterocycles. The maximum atomic E-state index is 12.5. The Hall–Kier alpha value is -1.65. The normalized spacial score (nSPS) is 10.7. The molecule has 0 saturated carbocycles. The minimum Gasteiger partial charge on any atom is -0.369 e. The number of aromatic nitrogens is 2. The van der Waals surface area contributed by atoms with E-state index in [0.29, 0.717) is 24.0 Å². The Morgan fingerprint density at radius 2 is 1.95 bits per heavy atom. The zero-order chi connectivity index (χ0) is 15.0. The van der Waals surface area contributed by atoms with E-state index in [1.165, 1.54) is 0 Å². The lowest BCUT2D eigenvalue weighted by Crippen LogP contribution is -2.35. The van der Waals surface area contributed by atoms with Crippen molar-refractivity contribution >= 4 is 11.7 Å². The van der Waals surface area contributed by atoms with Crippen molar-refractivity contribution in [1.29, 1.82) is 0 Å². The van der Waals surface area contributed by atoms with Gasteiger partial charge in [-0.15, -0.1) is 0 Å². The molecule has 1 rings (SSSR count). The average Bonchev–Trinajstić information content (AvgIpc) is 2.49. The molecule has 5 nitrogen and oxygen atoms in total. The van der Waals surface area contributed by atoms with Crippen LogP contribution in [0.2, 0.25) is 0 Å². The van der Waals surface area contributed by atoms with Crippen LogP contribution in [-0.2, 0) is 0 Å². The van der Waals surface area contributed by atoms with Crippen molar-refractivity contribution < 1.29 is 4.79 Å². The van der Waals surface area contributed by atoms with E-state index in [4.69, 9.17) is 0 Å². The standard InChI is InChI=1S/C15H26N4O/c1-5-12(6-2)11-19(8-4)15(20)13-9-16-10-14(18-13)17-7-3/h9-10,12H,5-8,11H2,1-4H3,(H,17,18). The highest BCUT2D eigenvalue weighted by Gasteiger charge is 2.19. The second kappa shape index (κ2) is 8.51. The molecule has 0 aliphatic carbocycles. The number of carbonyl (C=O) groups excluding carboxylic acids is 1. The van der Waals surface area contributed by atoms with Crippen molar-refractivity contribution in [2.45, 2.75) is 40.5 Å². The van der Waals surface area contributed by atoms with Crippen LogP contribution in [0.1, 0.15) is 51.0 Å². The molecule has 20 heavy (non-hydrogen) atoms. The minimum absolute atomic E-state index is 0.0355. The first-order valence-electron chi connectivity index (χ1n) is 7.51. The van der Waals surface area contributed by atoms with Gasteiger partial charge in [-0.05, 0) is 19.8 Å². The Bertz CT molecular complexity index is 418. The van der Waals surface area contributed by atoms with E-state index in [0.717, 1.165) is 25.9 Å². The van der Waals surface area contributed by atoms with Gasteiger partial charge in [0.05, 0.1) is 12.4 Å². The van der Waals surface area contributed by atoms with Gasteiger partial charge < -0.3 is 10.2 Å². The van der Waals surface area contributed by atoms with E-state index in [1.54, 1.807) is 12.4 Å². The Balaban J connectivity index is 2.82. The molecule has 0 saturated heterocycles. The lowest BCUT2D eigenvalue weighted by Gasteiger charge is -2.25. The number of anilines is 1. The van der Waals surface area contributed by atoms with Crippen LogP contribution in [0.5, 0.6) is 0 Å². The number of amides is 1. The van der Waals surface area contributed by atoms with E-state index < -0.39 is 0 Å². The van der Waals surface area contributed by atoms with E-state index >= 15 is 0 Å². The summed E-state index contributed by atoms with van der Waals surface area (Å²) in [5.41, 5.74) is 0.413. The highest BCUT2D eigenvalue weighted by molar-refractivity contribution is 5.92. The number of nitrogens with one attached hydrogen (secondary N) is 1. The van der Waals surface area contributed by atoms with Crippen molar-refractivity contribution in [3.05, 3.63) is 18.1 Å². The van der Waals surface area contributed by atoms with Gasteiger partial charge in [-0.2, -0.15) is 0 Å². The molecule has 0 spiro atoms. The molecule has 0 fully saturated rings. The highest BCUT2D eigenvalue weighted by Crippen LogP contribution is 2.12. The molecular formula is C15H26N4O. The summed E-state index contributed by atoms with van der Waals surface area (Å²) in [6.07, 6.45) is 5.35. The number of rotatable bonds is 8. The molecule has 1 N–H and O–H groups in total. The first kappa shape index (κ1) is 16.4. The molecule has 0 aromatic carbocycles. The Morgan fingerprint density at radius 1 is 1.25 bits per heavy atom. The molecule has 1 aromatic heterocycles. The van der Waals surface area contributed by atoms with Gasteiger partial charge >= 0.3 is 0 Å². The third-order valence-corrected chi connectivity index (χ3v) is 3.51. The summed E-state index contributed by atoms with van der Waals surface area (Å²) in [4.78, 5) is 22.8. The van der Waals surface area contributed by atoms with Gasteiger partial charge in [-0.25, -0.2) is 4.98 Å². The summed E-state index contributed by atoms with van der Waals surface area (Å²) in [6.45, 7) is 10.6. The van der Waals surface area contributed by atoms with E-state index in [9.17, 15) is 4.79 Å². The molecular weight excluding hydrogens is 252 g/mol. The maximum absolute atomic E-state index is 12.5. The summed E-state index contributed by atoms with van der Waals surface area (Å²) >= 11 is 0. The maximum Gasteiger partial charge on any atom is 0.274 e. The van der Waals surface area contributed by atoms with Crippen molar-refractivity contribution in [2.24, 2.45) is 5.92 Å². The lowest BCUT2D eigenvalue weighted by atomic mass is 10.0. The molecule has 112 valence electrons. The second-order valence-electron chi connectivity index (χ2n) is 4.85. The fraction of sp³-hybridized carbons (Fsp3) is 0.667. The zero-order valence-electron chi connectivity index (χ0n) is 13.0. The summed E-state index contributed by atoms with van der Waals surface area (Å²) in [6, 6.07) is 0. The van der Waals surface area contributed by atoms with Crippen LogP contribution in [0.3, 0.4) is 0 Å². The van der Waals surface area contributed by atoms with Crippen LogP contribution >= 0.6 is 0 Å². The minimum atomic E-state index is -0.0355. The van der Waals surface area contributed by atoms with Crippen molar-refractivity contribution in [1.82, 2.24) is 14.9 Å². The molecule has 0 unspecified atom stereocenters. The molecule has 0 bridgehead atoms. The number of carbonyl (C=O) groups is 1. The van der Waals surface area contributed by atoms with Crippen molar-refractivity contribution in [3.63, 3.8) is 0 Å². The van der Waals surface area contributed by atoms with Gasteiger partial charge in [0.15, 0.2) is 0 Å². The fourth-order valence-electron chi connectivity index (χ4n) is 2.11. The van der Waals surface area contributed by atoms with Crippen LogP contribution in [0.4, 0.5) is 5.82 Å². The van der Waals surface area contributed by atoms with Gasteiger partial charge in [0, 0.05) is 19.6 Å². The van der Waals surface area contributed by atoms with Gasteiger partial charge in [0.1, 0.15) is 11.5 Å². The van der Waals surface area contributed by atoms with Crippen LogP contribution in [-0.4, -0.2) is 40.4 Å². The first-order valence-corrected chi connectivity index (χ1v) is 7.51. The highest BCUT2D eigenvalue weighted by atomic mass is 16.2. The average molecular weight is 278 g/mol. The zero-order valence-corrected chi connectivity index (χ0v) is 13.0. The molecule has 5 heteroatoms. The van der Waals surface area contributed by atoms with Crippen LogP contribution in [0.15, 0.2) is 12.4 Å². The van der Waals surface area contributed by atoms with Gasteiger partial charge in [0.25, 0.3) is 5.91 Å². The molecule has 1 heterocycles. The molecule has 1 amide bonds. The van der Waals surface area contributed by atoms with Gasteiger partial charge in [-0.3, -0.25) is 9.78 Å². The number of hydrogen-bond donors (Lipinski definition) is 1. The largest absolute Gasteiger partial charge is 0.369 e. The summed E-state index contributed by atoms with van der Waals surface area (Å²) in [7, 11) is 0. The fourth-order valence-corrected chi connectivity index (χ4v) is 2.11. The van der Waals surface area contributed by atoms with Gasteiger partial charge in [-0.1, -0.05) is 26.7 Å². The quantitative estimate of drug-likeness (QED) is 0.794. The van der Waals surface area contributed by atoms with Gasteiger partial charge in [0.2, 0.25) is 0 Å². The SMILES string of the molecule is CCNc1cncc(C(=O)N(CC)CC(CC)CC)n1. The summed E-state index contributed by atoms with van der Waals surface area (Å²) in [5, 5.41) is 3.08. The summed E-state index contributed by atoms with van der Waals surface area (Å²) < 4.78 is 0. The van der Waals surface area contributed by atoms with Crippen molar-refractivity contribution in [3.8, 4) is 0 Å². The predicted molar refractivity (Wildman–Crippen MR) is 81.8 cm³/mol.